The van der Waals surface area contributed by atoms with Crippen molar-refractivity contribution < 1.29 is 4.79 Å². The summed E-state index contributed by atoms with van der Waals surface area (Å²) in [6, 6.07) is 0. The third-order valence-electron chi connectivity index (χ3n) is 6.33. The maximum atomic E-state index is 12.5. The number of carbonyl (C=O) groups is 1. The van der Waals surface area contributed by atoms with Crippen LogP contribution in [-0.4, -0.2) is 29.1 Å². The van der Waals surface area contributed by atoms with Crippen LogP contribution in [-0.2, 0) is 4.79 Å². The second kappa shape index (κ2) is 3.30. The van der Waals surface area contributed by atoms with Gasteiger partial charge in [0.1, 0.15) is 0 Å². The Hall–Kier alpha value is -0.570. The first kappa shape index (κ1) is 12.5. The van der Waals surface area contributed by atoms with E-state index in [4.69, 9.17) is 0 Å². The summed E-state index contributed by atoms with van der Waals surface area (Å²) in [5.41, 5.74) is 0.583. The second-order valence-electron chi connectivity index (χ2n) is 7.60. The molecule has 3 heteroatoms. The lowest BCUT2D eigenvalue weighted by Gasteiger charge is -2.24. The number of nitrogens with zero attached hydrogens (tertiary/aromatic N) is 1. The van der Waals surface area contributed by atoms with Gasteiger partial charge < -0.3 is 4.90 Å². The van der Waals surface area contributed by atoms with Crippen LogP contribution >= 0.6 is 0 Å². The molecule has 0 aromatic rings. The number of rotatable bonds is 3. The van der Waals surface area contributed by atoms with Crippen molar-refractivity contribution in [3.8, 4) is 0 Å². The fraction of sp³-hybridized carbons (Fsp3) is 0.933. The fourth-order valence-corrected chi connectivity index (χ4v) is 3.88. The van der Waals surface area contributed by atoms with Crippen LogP contribution in [0.1, 0.15) is 53.9 Å². The summed E-state index contributed by atoms with van der Waals surface area (Å²) in [7, 11) is 0. The third-order valence-corrected chi connectivity index (χ3v) is 6.33. The molecule has 0 aromatic carbocycles. The lowest BCUT2D eigenvalue weighted by molar-refractivity contribution is -0.131. The molecule has 3 fully saturated rings. The molecule has 3 aliphatic rings. The zero-order chi connectivity index (χ0) is 13.3. The number of nitrogens with one attached hydrogen (secondary N) is 1. The Kier molecular flexibility index (Phi) is 2.28. The van der Waals surface area contributed by atoms with E-state index in [1.54, 1.807) is 0 Å². The van der Waals surface area contributed by atoms with Crippen LogP contribution in [0.3, 0.4) is 0 Å². The molecule has 0 radical (unpaired) electrons. The molecule has 1 spiro atoms. The molecule has 1 N–H and O–H groups in total. The monoisotopic (exact) mass is 250 g/mol. The summed E-state index contributed by atoms with van der Waals surface area (Å²) in [5, 5.41) is 3.56. The topological polar surface area (TPSA) is 32.3 Å². The van der Waals surface area contributed by atoms with Crippen LogP contribution in [0.4, 0.5) is 0 Å². The Morgan fingerprint density at radius 2 is 1.78 bits per heavy atom. The number of hydrogen-bond acceptors (Lipinski definition) is 2. The standard InChI is InChI=1S/C15H26N2O/c1-6-11-16-15(7-8-15)12(18)17(11)9-10-13(2,3)14(10,4)5/h10-11,16H,6-9H2,1-5H3. The van der Waals surface area contributed by atoms with Gasteiger partial charge in [-0.15, -0.1) is 0 Å². The molecular formula is C15H26N2O. The molecule has 18 heavy (non-hydrogen) atoms. The largest absolute Gasteiger partial charge is 0.325 e. The van der Waals surface area contributed by atoms with Crippen molar-refractivity contribution in [1.82, 2.24) is 10.2 Å². The van der Waals surface area contributed by atoms with E-state index in [0.29, 0.717) is 22.7 Å². The van der Waals surface area contributed by atoms with Crippen molar-refractivity contribution in [3.63, 3.8) is 0 Å². The van der Waals surface area contributed by atoms with E-state index in [-0.39, 0.29) is 11.7 Å². The number of carbonyl (C=O) groups excluding carboxylic acids is 1. The van der Waals surface area contributed by atoms with Gasteiger partial charge in [-0.25, -0.2) is 0 Å². The maximum absolute atomic E-state index is 12.5. The molecule has 1 aliphatic heterocycles. The SMILES string of the molecule is CCC1NC2(CC2)C(=O)N1CC1C(C)(C)C1(C)C. The highest BCUT2D eigenvalue weighted by molar-refractivity contribution is 5.91. The van der Waals surface area contributed by atoms with E-state index in [1.165, 1.54) is 0 Å². The van der Waals surface area contributed by atoms with Gasteiger partial charge in [0, 0.05) is 6.54 Å². The smallest absolute Gasteiger partial charge is 0.244 e. The van der Waals surface area contributed by atoms with Gasteiger partial charge in [0.25, 0.3) is 0 Å². The molecule has 0 bridgehead atoms. The van der Waals surface area contributed by atoms with Gasteiger partial charge in [0.2, 0.25) is 5.91 Å². The minimum absolute atomic E-state index is 0.149. The zero-order valence-electron chi connectivity index (χ0n) is 12.3. The Morgan fingerprint density at radius 3 is 2.17 bits per heavy atom. The molecule has 3 nitrogen and oxygen atoms in total. The zero-order valence-corrected chi connectivity index (χ0v) is 12.3. The van der Waals surface area contributed by atoms with Gasteiger partial charge in [-0.3, -0.25) is 10.1 Å². The van der Waals surface area contributed by atoms with Crippen LogP contribution in [0.5, 0.6) is 0 Å². The predicted octanol–water partition coefficient (Wildman–Crippen LogP) is 2.37. The minimum Gasteiger partial charge on any atom is -0.325 e. The summed E-state index contributed by atoms with van der Waals surface area (Å²) in [4.78, 5) is 14.6. The van der Waals surface area contributed by atoms with Crippen LogP contribution in [0.15, 0.2) is 0 Å². The quantitative estimate of drug-likeness (QED) is 0.834. The summed E-state index contributed by atoms with van der Waals surface area (Å²) in [6.07, 6.45) is 3.36. The third kappa shape index (κ3) is 1.37. The van der Waals surface area contributed by atoms with Crippen molar-refractivity contribution in [3.05, 3.63) is 0 Å². The number of amides is 1. The van der Waals surface area contributed by atoms with Gasteiger partial charge in [0.05, 0.1) is 11.7 Å². The van der Waals surface area contributed by atoms with Crippen molar-refractivity contribution in [2.24, 2.45) is 16.7 Å². The van der Waals surface area contributed by atoms with E-state index in [2.05, 4.69) is 44.8 Å². The summed E-state index contributed by atoms with van der Waals surface area (Å²) in [6.45, 7) is 12.4. The highest BCUT2D eigenvalue weighted by Crippen LogP contribution is 2.68. The van der Waals surface area contributed by atoms with E-state index >= 15 is 0 Å². The van der Waals surface area contributed by atoms with Crippen molar-refractivity contribution >= 4 is 5.91 Å². The first-order valence-electron chi connectivity index (χ1n) is 7.35. The van der Waals surface area contributed by atoms with Gasteiger partial charge >= 0.3 is 0 Å². The van der Waals surface area contributed by atoms with Crippen LogP contribution in [0.25, 0.3) is 0 Å². The Balaban J connectivity index is 1.75. The van der Waals surface area contributed by atoms with Crippen molar-refractivity contribution in [1.29, 1.82) is 0 Å². The molecule has 1 unspecified atom stereocenters. The molecule has 1 saturated heterocycles. The lowest BCUT2D eigenvalue weighted by atomic mass is 10.0. The molecule has 1 atom stereocenters. The summed E-state index contributed by atoms with van der Waals surface area (Å²) >= 11 is 0. The Labute approximate surface area is 110 Å². The van der Waals surface area contributed by atoms with Gasteiger partial charge in [-0.05, 0) is 36.0 Å². The minimum atomic E-state index is -0.149. The Morgan fingerprint density at radius 1 is 1.22 bits per heavy atom. The molecule has 1 amide bonds. The van der Waals surface area contributed by atoms with Gasteiger partial charge in [-0.1, -0.05) is 34.6 Å². The first-order chi connectivity index (χ1) is 8.26. The van der Waals surface area contributed by atoms with Gasteiger partial charge in [0.15, 0.2) is 0 Å². The average molecular weight is 250 g/mol. The van der Waals surface area contributed by atoms with Crippen LogP contribution in [0.2, 0.25) is 0 Å². The molecule has 1 heterocycles. The predicted molar refractivity (Wildman–Crippen MR) is 71.9 cm³/mol. The molecule has 2 aliphatic carbocycles. The van der Waals surface area contributed by atoms with Crippen molar-refractivity contribution in [2.75, 3.05) is 6.54 Å². The normalized spacial score (nSPS) is 35.3. The summed E-state index contributed by atoms with van der Waals surface area (Å²) in [5.74, 6) is 1.01. The van der Waals surface area contributed by atoms with Crippen LogP contribution in [0, 0.1) is 16.7 Å². The average Bonchev–Trinajstić information content (AvgIpc) is 3.10. The summed E-state index contributed by atoms with van der Waals surface area (Å²) < 4.78 is 0. The Bertz CT molecular complexity index is 381. The van der Waals surface area contributed by atoms with E-state index in [9.17, 15) is 4.79 Å². The molecule has 102 valence electrons. The van der Waals surface area contributed by atoms with E-state index in [0.717, 1.165) is 25.8 Å². The van der Waals surface area contributed by atoms with Crippen molar-refractivity contribution in [2.45, 2.75) is 65.6 Å². The van der Waals surface area contributed by atoms with E-state index in [1.807, 2.05) is 0 Å². The maximum Gasteiger partial charge on any atom is 0.244 e. The second-order valence-corrected chi connectivity index (χ2v) is 7.60. The molecular weight excluding hydrogens is 224 g/mol. The highest BCUT2D eigenvalue weighted by Gasteiger charge is 2.67. The first-order valence-corrected chi connectivity index (χ1v) is 7.35. The van der Waals surface area contributed by atoms with Gasteiger partial charge in [-0.2, -0.15) is 0 Å². The van der Waals surface area contributed by atoms with E-state index < -0.39 is 0 Å². The fourth-order valence-electron chi connectivity index (χ4n) is 3.88. The van der Waals surface area contributed by atoms with Crippen LogP contribution < -0.4 is 5.32 Å². The molecule has 0 aromatic heterocycles. The lowest BCUT2D eigenvalue weighted by Crippen LogP contribution is -2.38. The molecule has 3 rings (SSSR count). The highest BCUT2D eigenvalue weighted by atomic mass is 16.2. The molecule has 2 saturated carbocycles. The number of hydrogen-bond donors (Lipinski definition) is 1.